The van der Waals surface area contributed by atoms with E-state index in [4.69, 9.17) is 19.3 Å². The molecule has 0 radical (unpaired) electrons. The molecule has 0 aliphatic heterocycles. The Labute approximate surface area is 248 Å². The zero-order valence-corrected chi connectivity index (χ0v) is 22.7. The van der Waals surface area contributed by atoms with E-state index in [1.807, 2.05) is 0 Å². The van der Waals surface area contributed by atoms with E-state index in [0.29, 0.717) is 0 Å². The summed E-state index contributed by atoms with van der Waals surface area (Å²) in [6.07, 6.45) is -4.08. The monoisotopic (exact) mass is 616 g/mol. The maximum absolute atomic E-state index is 12.7. The number of aliphatic hydroxyl groups is 1. The van der Waals surface area contributed by atoms with Gasteiger partial charge in [0, 0.05) is 25.0 Å². The topological polar surface area (TPSA) is 255 Å². The summed E-state index contributed by atoms with van der Waals surface area (Å²) in [5, 5.41) is 67.8. The lowest BCUT2D eigenvalue weighted by Crippen LogP contribution is -2.59. The Hall–Kier alpha value is -5.57. The number of hydrogen-bond acceptors (Lipinski definition) is 13. The van der Waals surface area contributed by atoms with Crippen LogP contribution in [0.4, 0.5) is 0 Å². The molecule has 1 saturated carbocycles. The number of aliphatic hydroxyl groups excluding tert-OH is 1. The van der Waals surface area contributed by atoms with Crippen LogP contribution in [0.25, 0.3) is 12.2 Å². The van der Waals surface area contributed by atoms with Crippen molar-refractivity contribution >= 4 is 42.0 Å². The van der Waals surface area contributed by atoms with Gasteiger partial charge < -0.3 is 50.0 Å². The smallest absolute Gasteiger partial charge is 0.348 e. The summed E-state index contributed by atoms with van der Waals surface area (Å²) in [5.74, 6) is -8.25. The first-order chi connectivity index (χ1) is 20.7. The Bertz CT molecular complexity index is 1490. The van der Waals surface area contributed by atoms with Gasteiger partial charge in [0.2, 0.25) is 5.60 Å². The lowest BCUT2D eigenvalue weighted by Gasteiger charge is -2.42. The summed E-state index contributed by atoms with van der Waals surface area (Å²) < 4.78 is 15.7. The molecule has 15 heteroatoms. The molecule has 4 atom stereocenters. The van der Waals surface area contributed by atoms with Gasteiger partial charge in [-0.3, -0.25) is 9.59 Å². The van der Waals surface area contributed by atoms with Crippen LogP contribution < -0.4 is 0 Å². The highest BCUT2D eigenvalue weighted by molar-refractivity contribution is 5.91. The maximum atomic E-state index is 12.7. The van der Waals surface area contributed by atoms with E-state index < -0.39 is 102 Å². The predicted octanol–water partition coefficient (Wildman–Crippen LogP) is 1.45. The van der Waals surface area contributed by atoms with Crippen LogP contribution in [0.15, 0.2) is 48.6 Å². The average molecular weight is 617 g/mol. The van der Waals surface area contributed by atoms with Crippen LogP contribution in [0.5, 0.6) is 23.0 Å². The van der Waals surface area contributed by atoms with Crippen LogP contribution in [0.3, 0.4) is 0 Å². The molecule has 0 amide bonds. The van der Waals surface area contributed by atoms with E-state index in [9.17, 15) is 54.6 Å². The second-order valence-electron chi connectivity index (χ2n) is 9.68. The highest BCUT2D eigenvalue weighted by atomic mass is 16.6. The zero-order valence-electron chi connectivity index (χ0n) is 22.7. The number of aromatic hydroxyl groups is 4. The Kier molecular flexibility index (Phi) is 10.5. The third kappa shape index (κ3) is 8.72. The van der Waals surface area contributed by atoms with E-state index in [-0.39, 0.29) is 11.1 Å². The molecule has 1 aliphatic rings. The molecule has 15 nitrogen and oxygen atoms in total. The highest BCUT2D eigenvalue weighted by Crippen LogP contribution is 2.37. The normalized spacial score (nSPS) is 21.5. The molecule has 0 aromatic heterocycles. The van der Waals surface area contributed by atoms with Gasteiger partial charge in [-0.2, -0.15) is 0 Å². The highest BCUT2D eigenvalue weighted by Gasteiger charge is 2.56. The molecule has 3 rings (SSSR count). The van der Waals surface area contributed by atoms with Gasteiger partial charge >= 0.3 is 29.8 Å². The van der Waals surface area contributed by atoms with Crippen molar-refractivity contribution in [2.24, 2.45) is 0 Å². The number of carbonyl (C=O) groups excluding carboxylic acids is 3. The fourth-order valence-electron chi connectivity index (χ4n) is 4.24. The van der Waals surface area contributed by atoms with Gasteiger partial charge in [-0.25, -0.2) is 14.4 Å². The van der Waals surface area contributed by atoms with Crippen molar-refractivity contribution in [3.63, 3.8) is 0 Å². The zero-order chi connectivity index (χ0) is 32.6. The Morgan fingerprint density at radius 2 is 1.30 bits per heavy atom. The lowest BCUT2D eigenvalue weighted by atomic mass is 9.79. The number of esters is 3. The molecule has 0 spiro atoms. The van der Waals surface area contributed by atoms with Crippen LogP contribution in [0.2, 0.25) is 0 Å². The molecule has 0 bridgehead atoms. The van der Waals surface area contributed by atoms with Gasteiger partial charge in [-0.15, -0.1) is 0 Å². The summed E-state index contributed by atoms with van der Waals surface area (Å²) in [4.78, 5) is 60.8. The second-order valence-corrected chi connectivity index (χ2v) is 9.68. The molecule has 234 valence electrons. The molecule has 2 aromatic rings. The predicted molar refractivity (Wildman–Crippen MR) is 146 cm³/mol. The third-order valence-electron chi connectivity index (χ3n) is 6.40. The van der Waals surface area contributed by atoms with Crippen molar-refractivity contribution in [2.45, 2.75) is 49.6 Å². The van der Waals surface area contributed by atoms with Crippen LogP contribution in [0, 0.1) is 0 Å². The van der Waals surface area contributed by atoms with Gasteiger partial charge in [0.05, 0.1) is 18.9 Å². The molecule has 7 N–H and O–H groups in total. The molecule has 0 heterocycles. The SMILES string of the molecule is O=C(O)CCC(=O)O[C@H]1[C@H](O)C[C@](OC(=O)/C=C/c2ccc(O)c(O)c2)(C(=O)O)C[C@H]1OC(=O)/C=C/c1ccc(O)c(O)c1. The number of carboxylic acid groups (broad SMARTS) is 2. The minimum atomic E-state index is -2.49. The summed E-state index contributed by atoms with van der Waals surface area (Å²) in [5.41, 5.74) is -2.00. The molecule has 2 aromatic carbocycles. The molecular formula is C29H28O15. The quantitative estimate of drug-likeness (QED) is 0.0816. The molecule has 44 heavy (non-hydrogen) atoms. The van der Waals surface area contributed by atoms with Crippen LogP contribution in [0.1, 0.15) is 36.8 Å². The van der Waals surface area contributed by atoms with Crippen molar-refractivity contribution in [2.75, 3.05) is 0 Å². The van der Waals surface area contributed by atoms with Crippen molar-refractivity contribution in [1.82, 2.24) is 0 Å². The third-order valence-corrected chi connectivity index (χ3v) is 6.40. The fraction of sp³-hybridized carbons (Fsp3) is 0.276. The number of carbonyl (C=O) groups is 5. The van der Waals surface area contributed by atoms with Gasteiger partial charge in [0.1, 0.15) is 6.10 Å². The van der Waals surface area contributed by atoms with E-state index in [1.165, 1.54) is 18.2 Å². The number of hydrogen-bond donors (Lipinski definition) is 7. The fourth-order valence-corrected chi connectivity index (χ4v) is 4.24. The second kappa shape index (κ2) is 14.1. The number of benzene rings is 2. The van der Waals surface area contributed by atoms with Gasteiger partial charge in [-0.05, 0) is 47.5 Å². The van der Waals surface area contributed by atoms with Gasteiger partial charge in [0.25, 0.3) is 0 Å². The Morgan fingerprint density at radius 3 is 1.80 bits per heavy atom. The molecule has 0 saturated heterocycles. The number of ether oxygens (including phenoxy) is 3. The standard InChI is InChI=1S/C29H28O15/c30-17-5-1-15(11-19(17)32)3-8-24(37)42-22-14-29(28(40)41,13-21(34)27(22)43-25(38)10-7-23(35)36)44-26(39)9-4-16-2-6-18(31)20(33)12-16/h1-6,8-9,11-12,21-22,27,30-34H,7,10,13-14H2,(H,35,36)(H,40,41)/b8-3+,9-4+/t21-,22-,27+,29-/m1/s1. The van der Waals surface area contributed by atoms with Crippen LogP contribution >= 0.6 is 0 Å². The van der Waals surface area contributed by atoms with Crippen molar-refractivity contribution < 1.29 is 73.9 Å². The minimum Gasteiger partial charge on any atom is -0.504 e. The molecule has 0 unspecified atom stereocenters. The summed E-state index contributed by atoms with van der Waals surface area (Å²) in [7, 11) is 0. The number of phenols is 4. The lowest BCUT2D eigenvalue weighted by molar-refractivity contribution is -0.214. The first-order valence-electron chi connectivity index (χ1n) is 12.9. The van der Waals surface area contributed by atoms with Crippen LogP contribution in [-0.2, 0) is 38.2 Å². The van der Waals surface area contributed by atoms with Crippen molar-refractivity contribution in [1.29, 1.82) is 0 Å². The van der Waals surface area contributed by atoms with E-state index in [1.54, 1.807) is 0 Å². The number of rotatable bonds is 11. The Balaban J connectivity index is 1.85. The first kappa shape index (κ1) is 32.9. The number of phenolic OH excluding ortho intramolecular Hbond substituents is 4. The van der Waals surface area contributed by atoms with E-state index in [0.717, 1.165) is 42.5 Å². The van der Waals surface area contributed by atoms with Gasteiger partial charge in [0.15, 0.2) is 29.1 Å². The maximum Gasteiger partial charge on any atom is 0.348 e. The van der Waals surface area contributed by atoms with E-state index in [2.05, 4.69) is 0 Å². The minimum absolute atomic E-state index is 0.235. The van der Waals surface area contributed by atoms with Crippen LogP contribution in [-0.4, -0.2) is 89.5 Å². The van der Waals surface area contributed by atoms with Gasteiger partial charge in [-0.1, -0.05) is 12.1 Å². The molecular weight excluding hydrogens is 588 g/mol. The molecule has 1 fully saturated rings. The summed E-state index contributed by atoms with van der Waals surface area (Å²) >= 11 is 0. The Morgan fingerprint density at radius 1 is 0.750 bits per heavy atom. The first-order valence-corrected chi connectivity index (χ1v) is 12.9. The van der Waals surface area contributed by atoms with Crippen molar-refractivity contribution in [3.05, 3.63) is 59.7 Å². The molecule has 1 aliphatic carbocycles. The summed E-state index contributed by atoms with van der Waals surface area (Å²) in [6, 6.07) is 7.21. The number of aliphatic carboxylic acids is 2. The summed E-state index contributed by atoms with van der Waals surface area (Å²) in [6.45, 7) is 0. The largest absolute Gasteiger partial charge is 0.504 e. The average Bonchev–Trinajstić information content (AvgIpc) is 2.95. The van der Waals surface area contributed by atoms with Crippen molar-refractivity contribution in [3.8, 4) is 23.0 Å². The number of carboxylic acids is 2. The van der Waals surface area contributed by atoms with E-state index >= 15 is 0 Å².